The number of carbonyl (C=O) groups is 1. The van der Waals surface area contributed by atoms with Gasteiger partial charge in [0, 0.05) is 48.8 Å². The van der Waals surface area contributed by atoms with E-state index in [4.69, 9.17) is 11.6 Å². The van der Waals surface area contributed by atoms with Crippen LogP contribution >= 0.6 is 23.4 Å². The normalized spacial score (nSPS) is 19.5. The maximum Gasteiger partial charge on any atom is 0.269 e. The molecule has 4 nitrogen and oxygen atoms in total. The number of piperazine rings is 1. The minimum Gasteiger partial charge on any atom is -0.368 e. The lowest BCUT2D eigenvalue weighted by Crippen LogP contribution is -2.44. The van der Waals surface area contributed by atoms with Crippen LogP contribution < -0.4 is 9.80 Å². The Labute approximate surface area is 175 Å². The molecule has 0 radical (unpaired) electrons. The highest BCUT2D eigenvalue weighted by Crippen LogP contribution is 2.33. The number of carbonyl (C=O) groups excluding carboxylic acids is 1. The van der Waals surface area contributed by atoms with E-state index < -0.39 is 0 Å². The van der Waals surface area contributed by atoms with Crippen LogP contribution in [-0.4, -0.2) is 44.0 Å². The topological polar surface area (TPSA) is 26.8 Å². The Morgan fingerprint density at radius 2 is 1.71 bits per heavy atom. The van der Waals surface area contributed by atoms with Crippen LogP contribution in [0.5, 0.6) is 0 Å². The zero-order valence-electron chi connectivity index (χ0n) is 15.7. The molecule has 4 rings (SSSR count). The Kier molecular flexibility index (Phi) is 5.76. The molecular formula is C22H22ClN3OS. The molecule has 144 valence electrons. The maximum atomic E-state index is 13.1. The van der Waals surface area contributed by atoms with Crippen LogP contribution in [0.25, 0.3) is 6.08 Å². The van der Waals surface area contributed by atoms with Crippen molar-refractivity contribution in [3.63, 3.8) is 0 Å². The van der Waals surface area contributed by atoms with Gasteiger partial charge >= 0.3 is 0 Å². The number of hydrogen-bond acceptors (Lipinski definition) is 4. The number of para-hydroxylation sites is 1. The van der Waals surface area contributed by atoms with Crippen molar-refractivity contribution in [3.8, 4) is 0 Å². The van der Waals surface area contributed by atoms with Gasteiger partial charge in [0.05, 0.1) is 4.91 Å². The van der Waals surface area contributed by atoms with E-state index in [1.54, 1.807) is 23.2 Å². The van der Waals surface area contributed by atoms with E-state index in [0.29, 0.717) is 9.93 Å². The Bertz CT molecular complexity index is 918. The molecule has 1 amide bonds. The molecule has 2 aliphatic rings. The summed E-state index contributed by atoms with van der Waals surface area (Å²) in [6.45, 7) is 4.08. The molecule has 1 fully saturated rings. The van der Waals surface area contributed by atoms with Crippen LogP contribution in [-0.2, 0) is 4.79 Å². The zero-order valence-corrected chi connectivity index (χ0v) is 17.3. The van der Waals surface area contributed by atoms with Crippen molar-refractivity contribution < 1.29 is 4.79 Å². The molecule has 0 atom stereocenters. The van der Waals surface area contributed by atoms with Gasteiger partial charge in [0.2, 0.25) is 0 Å². The highest BCUT2D eigenvalue weighted by molar-refractivity contribution is 8.07. The molecule has 2 aliphatic heterocycles. The first-order chi connectivity index (χ1) is 13.6. The average molecular weight is 412 g/mol. The molecule has 0 spiro atoms. The van der Waals surface area contributed by atoms with Gasteiger partial charge in [-0.25, -0.2) is 0 Å². The number of benzene rings is 2. The predicted molar refractivity (Wildman–Crippen MR) is 120 cm³/mol. The molecule has 2 heterocycles. The van der Waals surface area contributed by atoms with Gasteiger partial charge in [-0.2, -0.15) is 0 Å². The van der Waals surface area contributed by atoms with E-state index in [1.165, 1.54) is 17.4 Å². The third-order valence-corrected chi connectivity index (χ3v) is 6.06. The summed E-state index contributed by atoms with van der Waals surface area (Å²) < 4.78 is 0. The van der Waals surface area contributed by atoms with E-state index in [2.05, 4.69) is 35.0 Å². The minimum absolute atomic E-state index is 0.0250. The molecule has 0 aromatic heterocycles. The van der Waals surface area contributed by atoms with Crippen molar-refractivity contribution in [1.82, 2.24) is 4.90 Å². The first-order valence-electron chi connectivity index (χ1n) is 9.28. The van der Waals surface area contributed by atoms with Gasteiger partial charge in [-0.3, -0.25) is 9.69 Å². The van der Waals surface area contributed by atoms with E-state index in [1.807, 2.05) is 29.7 Å². The molecule has 2 aromatic carbocycles. The summed E-state index contributed by atoms with van der Waals surface area (Å²) in [5.41, 5.74) is 3.07. The van der Waals surface area contributed by atoms with E-state index in [0.717, 1.165) is 37.4 Å². The Balaban J connectivity index is 1.62. The number of hydrogen-bond donors (Lipinski definition) is 0. The summed E-state index contributed by atoms with van der Waals surface area (Å²) in [4.78, 5) is 20.2. The molecule has 0 N–H and O–H groups in total. The fraction of sp³-hybridized carbons (Fsp3) is 0.227. The molecule has 1 saturated heterocycles. The van der Waals surface area contributed by atoms with Crippen LogP contribution in [0.1, 0.15) is 5.56 Å². The number of likely N-dealkylation sites (N-methyl/N-ethyl adjacent to an activating group) is 1. The third-order valence-electron chi connectivity index (χ3n) is 5.01. The number of anilines is 2. The van der Waals surface area contributed by atoms with Gasteiger partial charge in [0.25, 0.3) is 5.91 Å². The second kappa shape index (κ2) is 8.43. The van der Waals surface area contributed by atoms with Crippen molar-refractivity contribution in [2.24, 2.45) is 0 Å². The Morgan fingerprint density at radius 1 is 1.00 bits per heavy atom. The van der Waals surface area contributed by atoms with Crippen LogP contribution in [0, 0.1) is 0 Å². The highest BCUT2D eigenvalue weighted by atomic mass is 35.5. The first-order valence-corrected chi connectivity index (χ1v) is 10.5. The smallest absolute Gasteiger partial charge is 0.269 e. The van der Waals surface area contributed by atoms with E-state index >= 15 is 0 Å². The van der Waals surface area contributed by atoms with Crippen molar-refractivity contribution in [3.05, 3.63) is 75.6 Å². The molecule has 0 unspecified atom stereocenters. The second-order valence-electron chi connectivity index (χ2n) is 6.91. The molecule has 28 heavy (non-hydrogen) atoms. The standard InChI is InChI=1S/C22H22ClN3OS/c1-24-10-12-25(13-11-24)20-5-3-2-4-17(20)16-21-22(27)26(14-15-28-21)19-8-6-18(23)7-9-19/h2-9,14-16H,10-13H2,1H3. The van der Waals surface area contributed by atoms with Gasteiger partial charge in [0.15, 0.2) is 0 Å². The van der Waals surface area contributed by atoms with Gasteiger partial charge in [-0.15, -0.1) is 0 Å². The average Bonchev–Trinajstić information content (AvgIpc) is 2.71. The highest BCUT2D eigenvalue weighted by Gasteiger charge is 2.23. The molecule has 0 aliphatic carbocycles. The number of rotatable bonds is 3. The molecular weight excluding hydrogens is 390 g/mol. The lowest BCUT2D eigenvalue weighted by Gasteiger charge is -2.35. The van der Waals surface area contributed by atoms with Crippen LogP contribution in [0.15, 0.2) is 65.0 Å². The fourth-order valence-corrected chi connectivity index (χ4v) is 4.24. The first kappa shape index (κ1) is 19.1. The summed E-state index contributed by atoms with van der Waals surface area (Å²) in [5.74, 6) is -0.0250. The maximum absolute atomic E-state index is 13.1. The van der Waals surface area contributed by atoms with Crippen molar-refractivity contribution in [1.29, 1.82) is 0 Å². The molecule has 6 heteroatoms. The van der Waals surface area contributed by atoms with Crippen LogP contribution in [0.2, 0.25) is 5.02 Å². The van der Waals surface area contributed by atoms with Gasteiger partial charge in [0.1, 0.15) is 0 Å². The fourth-order valence-electron chi connectivity index (χ4n) is 3.39. The van der Waals surface area contributed by atoms with Gasteiger partial charge in [-0.05, 0) is 54.4 Å². The van der Waals surface area contributed by atoms with Gasteiger partial charge < -0.3 is 9.80 Å². The summed E-state index contributed by atoms with van der Waals surface area (Å²) in [6, 6.07) is 15.6. The summed E-state index contributed by atoms with van der Waals surface area (Å²) >= 11 is 7.44. The van der Waals surface area contributed by atoms with Crippen molar-refractivity contribution >= 4 is 46.7 Å². The molecule has 0 saturated carbocycles. The van der Waals surface area contributed by atoms with E-state index in [-0.39, 0.29) is 5.91 Å². The third kappa shape index (κ3) is 4.12. The minimum atomic E-state index is -0.0250. The number of amides is 1. The van der Waals surface area contributed by atoms with Gasteiger partial charge in [-0.1, -0.05) is 41.6 Å². The Hall–Kier alpha value is -2.21. The number of nitrogens with zero attached hydrogens (tertiary/aromatic N) is 3. The zero-order chi connectivity index (χ0) is 19.5. The lowest BCUT2D eigenvalue weighted by atomic mass is 10.1. The Morgan fingerprint density at radius 3 is 2.46 bits per heavy atom. The SMILES string of the molecule is CN1CCN(c2ccccc2C=C2SC=CN(c3ccc(Cl)cc3)C2=O)CC1. The van der Waals surface area contributed by atoms with Crippen LogP contribution in [0.4, 0.5) is 11.4 Å². The second-order valence-corrected chi connectivity index (χ2v) is 8.30. The summed E-state index contributed by atoms with van der Waals surface area (Å²) in [5, 5.41) is 2.60. The quantitative estimate of drug-likeness (QED) is 0.685. The predicted octanol–water partition coefficient (Wildman–Crippen LogP) is 4.68. The summed E-state index contributed by atoms with van der Waals surface area (Å²) in [7, 11) is 2.15. The van der Waals surface area contributed by atoms with Crippen molar-refractivity contribution in [2.75, 3.05) is 43.0 Å². The largest absolute Gasteiger partial charge is 0.368 e. The molecule has 2 aromatic rings. The van der Waals surface area contributed by atoms with Crippen molar-refractivity contribution in [2.45, 2.75) is 0 Å². The van der Waals surface area contributed by atoms with Crippen LogP contribution in [0.3, 0.4) is 0 Å². The molecule has 0 bridgehead atoms. The lowest BCUT2D eigenvalue weighted by molar-refractivity contribution is -0.113. The number of thioether (sulfide) groups is 1. The number of halogens is 1. The monoisotopic (exact) mass is 411 g/mol. The van der Waals surface area contributed by atoms with E-state index in [9.17, 15) is 4.79 Å². The summed E-state index contributed by atoms with van der Waals surface area (Å²) in [6.07, 6.45) is 3.81.